The minimum Gasteiger partial charge on any atom is -0.496 e. The van der Waals surface area contributed by atoms with E-state index in [1.807, 2.05) is 6.07 Å². The fraction of sp³-hybridized carbons (Fsp3) is 0.538. The molecule has 96 valence electrons. The quantitative estimate of drug-likeness (QED) is 0.822. The van der Waals surface area contributed by atoms with Crippen LogP contribution in [0.25, 0.3) is 0 Å². The van der Waals surface area contributed by atoms with Gasteiger partial charge in [0.05, 0.1) is 20.3 Å². The highest BCUT2D eigenvalue weighted by molar-refractivity contribution is 5.52. The van der Waals surface area contributed by atoms with Gasteiger partial charge in [0.1, 0.15) is 11.5 Å². The maximum atomic E-state index is 9.87. The number of nitrogens with two attached hydrogens (primary N) is 1. The first-order chi connectivity index (χ1) is 8.06. The largest absolute Gasteiger partial charge is 0.496 e. The zero-order valence-corrected chi connectivity index (χ0v) is 10.9. The van der Waals surface area contributed by atoms with Gasteiger partial charge in [-0.05, 0) is 18.1 Å². The van der Waals surface area contributed by atoms with Gasteiger partial charge in [0.2, 0.25) is 0 Å². The summed E-state index contributed by atoms with van der Waals surface area (Å²) < 4.78 is 10.7. The van der Waals surface area contributed by atoms with Crippen molar-refractivity contribution in [2.75, 3.05) is 20.8 Å². The zero-order valence-electron chi connectivity index (χ0n) is 10.9. The van der Waals surface area contributed by atoms with E-state index >= 15 is 0 Å². The average molecular weight is 239 g/mol. The highest BCUT2D eigenvalue weighted by atomic mass is 16.5. The Hall–Kier alpha value is -1.26. The zero-order chi connectivity index (χ0) is 13.0. The molecule has 0 saturated carbocycles. The molecule has 1 aromatic rings. The summed E-state index contributed by atoms with van der Waals surface area (Å²) in [6.07, 6.45) is -0.714. The lowest BCUT2D eigenvalue weighted by atomic mass is 9.95. The summed E-state index contributed by atoms with van der Waals surface area (Å²) in [6.45, 7) is 4.28. The van der Waals surface area contributed by atoms with Crippen LogP contribution in [0.4, 0.5) is 0 Å². The van der Waals surface area contributed by atoms with E-state index in [4.69, 9.17) is 15.2 Å². The van der Waals surface area contributed by atoms with Crippen LogP contribution in [0.5, 0.6) is 11.5 Å². The van der Waals surface area contributed by atoms with Crippen LogP contribution in [0.15, 0.2) is 12.1 Å². The van der Waals surface area contributed by atoms with Crippen molar-refractivity contribution < 1.29 is 14.6 Å². The predicted octanol–water partition coefficient (Wildman–Crippen LogP) is 1.82. The fourth-order valence-electron chi connectivity index (χ4n) is 1.94. The van der Waals surface area contributed by atoms with E-state index in [9.17, 15) is 5.11 Å². The molecule has 0 aromatic heterocycles. The van der Waals surface area contributed by atoms with Crippen LogP contribution in [0.1, 0.15) is 37.0 Å². The van der Waals surface area contributed by atoms with Crippen molar-refractivity contribution in [2.24, 2.45) is 5.73 Å². The van der Waals surface area contributed by atoms with Gasteiger partial charge in [-0.3, -0.25) is 0 Å². The summed E-state index contributed by atoms with van der Waals surface area (Å²) in [5.74, 6) is 1.67. The molecule has 0 aliphatic rings. The minimum absolute atomic E-state index is 0.167. The Kier molecular flexibility index (Phi) is 4.78. The highest BCUT2D eigenvalue weighted by Crippen LogP contribution is 2.39. The van der Waals surface area contributed by atoms with Crippen molar-refractivity contribution >= 4 is 0 Å². The van der Waals surface area contributed by atoms with Crippen LogP contribution < -0.4 is 15.2 Å². The van der Waals surface area contributed by atoms with Crippen molar-refractivity contribution in [1.29, 1.82) is 0 Å². The number of aliphatic hydroxyl groups excluding tert-OH is 1. The summed E-state index contributed by atoms with van der Waals surface area (Å²) in [5.41, 5.74) is 7.15. The second kappa shape index (κ2) is 5.89. The molecule has 1 unspecified atom stereocenters. The van der Waals surface area contributed by atoms with Gasteiger partial charge < -0.3 is 20.3 Å². The molecule has 3 N–H and O–H groups in total. The Morgan fingerprint density at radius 1 is 1.24 bits per heavy atom. The van der Waals surface area contributed by atoms with Gasteiger partial charge >= 0.3 is 0 Å². The van der Waals surface area contributed by atoms with Crippen molar-refractivity contribution in [3.63, 3.8) is 0 Å². The van der Waals surface area contributed by atoms with Crippen LogP contribution in [-0.2, 0) is 0 Å². The molecule has 1 rings (SSSR count). The molecule has 17 heavy (non-hydrogen) atoms. The van der Waals surface area contributed by atoms with E-state index in [-0.39, 0.29) is 12.5 Å². The topological polar surface area (TPSA) is 64.7 Å². The number of rotatable bonds is 5. The van der Waals surface area contributed by atoms with Crippen molar-refractivity contribution in [1.82, 2.24) is 0 Å². The van der Waals surface area contributed by atoms with E-state index in [1.54, 1.807) is 20.3 Å². The SMILES string of the molecule is COc1ccc(C(O)CN)c(OC)c1C(C)C. The monoisotopic (exact) mass is 239 g/mol. The van der Waals surface area contributed by atoms with Crippen LogP contribution in [0.3, 0.4) is 0 Å². The third-order valence-electron chi connectivity index (χ3n) is 2.77. The van der Waals surface area contributed by atoms with Gasteiger partial charge in [0, 0.05) is 17.7 Å². The molecule has 4 nitrogen and oxygen atoms in total. The molecular weight excluding hydrogens is 218 g/mol. The molecule has 4 heteroatoms. The maximum Gasteiger partial charge on any atom is 0.131 e. The lowest BCUT2D eigenvalue weighted by Crippen LogP contribution is -2.14. The Morgan fingerprint density at radius 2 is 1.88 bits per heavy atom. The van der Waals surface area contributed by atoms with E-state index in [0.29, 0.717) is 11.3 Å². The molecule has 1 atom stereocenters. The second-order valence-corrected chi connectivity index (χ2v) is 4.21. The van der Waals surface area contributed by atoms with Crippen LogP contribution in [0.2, 0.25) is 0 Å². The summed E-state index contributed by atoms with van der Waals surface area (Å²) in [7, 11) is 3.22. The Morgan fingerprint density at radius 3 is 2.29 bits per heavy atom. The third-order valence-corrected chi connectivity index (χ3v) is 2.77. The fourth-order valence-corrected chi connectivity index (χ4v) is 1.94. The van der Waals surface area contributed by atoms with E-state index in [2.05, 4.69) is 13.8 Å². The molecule has 0 aliphatic carbocycles. The number of methoxy groups -OCH3 is 2. The molecule has 0 amide bonds. The molecule has 0 saturated heterocycles. The van der Waals surface area contributed by atoms with Crippen LogP contribution >= 0.6 is 0 Å². The van der Waals surface area contributed by atoms with Gasteiger partial charge in [-0.2, -0.15) is 0 Å². The summed E-state index contributed by atoms with van der Waals surface area (Å²) in [4.78, 5) is 0. The molecule has 0 spiro atoms. The van der Waals surface area contributed by atoms with Gasteiger partial charge in [-0.1, -0.05) is 13.8 Å². The van der Waals surface area contributed by atoms with Crippen LogP contribution in [0, 0.1) is 0 Å². The van der Waals surface area contributed by atoms with Crippen LogP contribution in [-0.4, -0.2) is 25.9 Å². The molecule has 0 bridgehead atoms. The first kappa shape index (κ1) is 13.8. The number of aliphatic hydroxyl groups is 1. The van der Waals surface area contributed by atoms with Gasteiger partial charge in [0.25, 0.3) is 0 Å². The van der Waals surface area contributed by atoms with E-state index in [1.165, 1.54) is 0 Å². The smallest absolute Gasteiger partial charge is 0.131 e. The highest BCUT2D eigenvalue weighted by Gasteiger charge is 2.20. The molecule has 0 fully saturated rings. The maximum absolute atomic E-state index is 9.87. The Balaban J connectivity index is 3.40. The molecule has 1 aromatic carbocycles. The number of benzene rings is 1. The second-order valence-electron chi connectivity index (χ2n) is 4.21. The lowest BCUT2D eigenvalue weighted by Gasteiger charge is -2.21. The predicted molar refractivity (Wildman–Crippen MR) is 67.6 cm³/mol. The lowest BCUT2D eigenvalue weighted by molar-refractivity contribution is 0.181. The standard InChI is InChI=1S/C13H21NO3/c1-8(2)12-11(16-3)6-5-9(10(15)7-14)13(12)17-4/h5-6,8,10,15H,7,14H2,1-4H3. The molecule has 0 radical (unpaired) electrons. The first-order valence-electron chi connectivity index (χ1n) is 5.69. The summed E-state index contributed by atoms with van der Waals surface area (Å²) in [6, 6.07) is 3.63. The normalized spacial score (nSPS) is 12.6. The number of hydrogen-bond donors (Lipinski definition) is 2. The minimum atomic E-state index is -0.714. The van der Waals surface area contributed by atoms with Gasteiger partial charge in [-0.25, -0.2) is 0 Å². The number of hydrogen-bond acceptors (Lipinski definition) is 4. The van der Waals surface area contributed by atoms with Crippen molar-refractivity contribution in [3.05, 3.63) is 23.3 Å². The first-order valence-corrected chi connectivity index (χ1v) is 5.69. The van der Waals surface area contributed by atoms with Gasteiger partial charge in [0.15, 0.2) is 0 Å². The van der Waals surface area contributed by atoms with Crippen molar-refractivity contribution in [3.8, 4) is 11.5 Å². The van der Waals surface area contributed by atoms with E-state index < -0.39 is 6.10 Å². The number of ether oxygens (including phenoxy) is 2. The van der Waals surface area contributed by atoms with E-state index in [0.717, 1.165) is 11.3 Å². The molecule has 0 aliphatic heterocycles. The molecule has 0 heterocycles. The summed E-state index contributed by atoms with van der Waals surface area (Å²) >= 11 is 0. The summed E-state index contributed by atoms with van der Waals surface area (Å²) in [5, 5.41) is 9.87. The Labute approximate surface area is 102 Å². The molecular formula is C13H21NO3. The average Bonchev–Trinajstić information content (AvgIpc) is 2.35. The van der Waals surface area contributed by atoms with Crippen molar-refractivity contribution in [2.45, 2.75) is 25.9 Å². The Bertz CT molecular complexity index is 377. The third kappa shape index (κ3) is 2.70. The van der Waals surface area contributed by atoms with Gasteiger partial charge in [-0.15, -0.1) is 0 Å².